The largest absolute Gasteiger partial charge is 0.372 e. The molecule has 1 aliphatic heterocycles. The third kappa shape index (κ3) is 6.25. The predicted octanol–water partition coefficient (Wildman–Crippen LogP) is 2.04. The second-order valence-corrected chi connectivity index (χ2v) is 2.13. The summed E-state index contributed by atoms with van der Waals surface area (Å²) in [6.45, 7) is 5.13. The molecule has 1 atom stereocenters. The van der Waals surface area contributed by atoms with Crippen molar-refractivity contribution >= 4 is 11.6 Å². The van der Waals surface area contributed by atoms with E-state index in [0.717, 1.165) is 6.61 Å². The molecule has 0 amide bonds. The number of hydrogen-bond donors (Lipinski definition) is 0. The molecule has 1 nitrogen and oxygen atoms in total. The Kier molecular flexibility index (Phi) is 5.56. The first-order valence-electron chi connectivity index (χ1n) is 3.02. The normalized spacial score (nSPS) is 23.6. The van der Waals surface area contributed by atoms with Gasteiger partial charge in [0, 0.05) is 0 Å². The van der Waals surface area contributed by atoms with Crippen LogP contribution in [-0.4, -0.2) is 18.6 Å². The number of hydrogen-bond acceptors (Lipinski definition) is 1. The van der Waals surface area contributed by atoms with Crippen molar-refractivity contribution < 1.29 is 4.74 Å². The standard InChI is InChI=1S/C3H5ClO.C3H8/c4-1-3-2-5-3;1-3-2/h3H,1-2H2;3H2,1-2H3/t3-;/m0./s1. The van der Waals surface area contributed by atoms with Crippen molar-refractivity contribution in [2.45, 2.75) is 26.4 Å². The van der Waals surface area contributed by atoms with Gasteiger partial charge in [-0.2, -0.15) is 0 Å². The summed E-state index contributed by atoms with van der Waals surface area (Å²) in [5.41, 5.74) is 0. The Bertz CT molecular complexity index is 43.8. The molecule has 8 heavy (non-hydrogen) atoms. The van der Waals surface area contributed by atoms with Crippen molar-refractivity contribution in [1.29, 1.82) is 0 Å². The number of ether oxygens (including phenoxy) is 1. The molecular weight excluding hydrogens is 124 g/mol. The lowest BCUT2D eigenvalue weighted by molar-refractivity contribution is 0.425. The number of epoxide rings is 1. The highest BCUT2D eigenvalue weighted by atomic mass is 35.5. The Morgan fingerprint density at radius 3 is 2.00 bits per heavy atom. The molecule has 2 heteroatoms. The van der Waals surface area contributed by atoms with Crippen molar-refractivity contribution in [3.63, 3.8) is 0 Å². The zero-order valence-electron chi connectivity index (χ0n) is 5.48. The SMILES string of the molecule is CCC.ClC[C@H]1CO1. The van der Waals surface area contributed by atoms with Gasteiger partial charge >= 0.3 is 0 Å². The molecule has 1 heterocycles. The molecule has 0 aromatic heterocycles. The van der Waals surface area contributed by atoms with Gasteiger partial charge in [-0.1, -0.05) is 20.3 Å². The summed E-state index contributed by atoms with van der Waals surface area (Å²) in [7, 11) is 0. The average molecular weight is 137 g/mol. The van der Waals surface area contributed by atoms with Crippen LogP contribution in [-0.2, 0) is 4.74 Å². The molecule has 0 radical (unpaired) electrons. The van der Waals surface area contributed by atoms with Gasteiger partial charge in [-0.05, 0) is 0 Å². The van der Waals surface area contributed by atoms with Crippen LogP contribution in [0.2, 0.25) is 0 Å². The van der Waals surface area contributed by atoms with Crippen molar-refractivity contribution in [3.05, 3.63) is 0 Å². The van der Waals surface area contributed by atoms with Crippen LogP contribution in [0.3, 0.4) is 0 Å². The van der Waals surface area contributed by atoms with Gasteiger partial charge in [0.1, 0.15) is 0 Å². The third-order valence-electron chi connectivity index (χ3n) is 0.574. The molecule has 0 aliphatic carbocycles. The Hall–Kier alpha value is 0.250. The smallest absolute Gasteiger partial charge is 0.0944 e. The monoisotopic (exact) mass is 136 g/mol. The first-order chi connectivity index (χ1) is 3.85. The Labute approximate surface area is 56.0 Å². The van der Waals surface area contributed by atoms with Crippen LogP contribution in [0.5, 0.6) is 0 Å². The van der Waals surface area contributed by atoms with E-state index in [4.69, 9.17) is 16.3 Å². The first-order valence-corrected chi connectivity index (χ1v) is 3.56. The van der Waals surface area contributed by atoms with Crippen molar-refractivity contribution in [1.82, 2.24) is 0 Å². The van der Waals surface area contributed by atoms with E-state index in [0.29, 0.717) is 12.0 Å². The highest BCUT2D eigenvalue weighted by Gasteiger charge is 2.19. The van der Waals surface area contributed by atoms with E-state index in [1.54, 1.807) is 0 Å². The first kappa shape index (κ1) is 8.25. The van der Waals surface area contributed by atoms with Crippen LogP contribution in [0.4, 0.5) is 0 Å². The highest BCUT2D eigenvalue weighted by molar-refractivity contribution is 6.18. The lowest BCUT2D eigenvalue weighted by atomic mass is 10.6. The maximum absolute atomic E-state index is 5.27. The fourth-order valence-electron chi connectivity index (χ4n) is 0.157. The van der Waals surface area contributed by atoms with E-state index >= 15 is 0 Å². The van der Waals surface area contributed by atoms with Crippen molar-refractivity contribution in [3.8, 4) is 0 Å². The summed E-state index contributed by atoms with van der Waals surface area (Å²) in [4.78, 5) is 0. The van der Waals surface area contributed by atoms with E-state index in [1.807, 2.05) is 0 Å². The lowest BCUT2D eigenvalue weighted by Gasteiger charge is -1.67. The van der Waals surface area contributed by atoms with Gasteiger partial charge in [0.25, 0.3) is 0 Å². The molecule has 1 fully saturated rings. The zero-order chi connectivity index (χ0) is 6.41. The molecule has 1 aliphatic rings. The molecule has 0 aromatic rings. The van der Waals surface area contributed by atoms with Crippen LogP contribution in [0.1, 0.15) is 20.3 Å². The topological polar surface area (TPSA) is 12.5 Å². The quantitative estimate of drug-likeness (QED) is 0.397. The summed E-state index contributed by atoms with van der Waals surface area (Å²) in [5.74, 6) is 0.667. The molecule has 0 unspecified atom stereocenters. The van der Waals surface area contributed by atoms with E-state index in [2.05, 4.69) is 13.8 Å². The fourth-order valence-corrected chi connectivity index (χ4v) is 0.335. The van der Waals surface area contributed by atoms with Gasteiger partial charge in [-0.15, -0.1) is 11.6 Å². The van der Waals surface area contributed by atoms with Crippen LogP contribution in [0.15, 0.2) is 0 Å². The highest BCUT2D eigenvalue weighted by Crippen LogP contribution is 2.08. The van der Waals surface area contributed by atoms with Crippen LogP contribution in [0.25, 0.3) is 0 Å². The van der Waals surface area contributed by atoms with Gasteiger partial charge < -0.3 is 4.74 Å². The van der Waals surface area contributed by atoms with Crippen molar-refractivity contribution in [2.75, 3.05) is 12.5 Å². The van der Waals surface area contributed by atoms with E-state index < -0.39 is 0 Å². The molecule has 1 rings (SSSR count). The maximum Gasteiger partial charge on any atom is 0.0944 e. The third-order valence-corrected chi connectivity index (χ3v) is 0.919. The van der Waals surface area contributed by atoms with Crippen LogP contribution in [0, 0.1) is 0 Å². The number of rotatable bonds is 1. The summed E-state index contributed by atoms with van der Waals surface area (Å²) < 4.78 is 4.73. The molecule has 0 N–H and O–H groups in total. The minimum absolute atomic E-state index is 0.400. The van der Waals surface area contributed by atoms with E-state index in [9.17, 15) is 0 Å². The zero-order valence-corrected chi connectivity index (χ0v) is 6.24. The maximum atomic E-state index is 5.27. The molecule has 0 spiro atoms. The number of alkyl halides is 1. The van der Waals surface area contributed by atoms with Crippen LogP contribution < -0.4 is 0 Å². The second kappa shape index (κ2) is 5.39. The Morgan fingerprint density at radius 1 is 1.62 bits per heavy atom. The summed E-state index contributed by atoms with van der Waals surface area (Å²) in [5, 5.41) is 0. The average Bonchev–Trinajstić information content (AvgIpc) is 2.48. The van der Waals surface area contributed by atoms with Gasteiger partial charge in [0.2, 0.25) is 0 Å². The molecule has 0 bridgehead atoms. The minimum atomic E-state index is 0.400. The number of halogens is 1. The molecule has 0 aromatic carbocycles. The Morgan fingerprint density at radius 2 is 2.00 bits per heavy atom. The molecule has 1 saturated heterocycles. The molecule has 50 valence electrons. The summed E-state index contributed by atoms with van der Waals surface area (Å²) in [6.07, 6.45) is 1.65. The van der Waals surface area contributed by atoms with Gasteiger partial charge in [-0.3, -0.25) is 0 Å². The lowest BCUT2D eigenvalue weighted by Crippen LogP contribution is -1.80. The van der Waals surface area contributed by atoms with Crippen molar-refractivity contribution in [2.24, 2.45) is 0 Å². The van der Waals surface area contributed by atoms with Crippen LogP contribution >= 0.6 is 11.6 Å². The predicted molar refractivity (Wildman–Crippen MR) is 36.4 cm³/mol. The molecule has 0 saturated carbocycles. The summed E-state index contributed by atoms with van der Waals surface area (Å²) >= 11 is 5.27. The second-order valence-electron chi connectivity index (χ2n) is 1.82. The Balaban J connectivity index is 0.000000145. The van der Waals surface area contributed by atoms with Gasteiger partial charge in [-0.25, -0.2) is 0 Å². The summed E-state index contributed by atoms with van der Waals surface area (Å²) in [6, 6.07) is 0. The van der Waals surface area contributed by atoms with E-state index in [1.165, 1.54) is 6.42 Å². The minimum Gasteiger partial charge on any atom is -0.372 e. The fraction of sp³-hybridized carbons (Fsp3) is 1.00. The van der Waals surface area contributed by atoms with Gasteiger partial charge in [0.05, 0.1) is 18.6 Å². The van der Waals surface area contributed by atoms with E-state index in [-0.39, 0.29) is 0 Å². The van der Waals surface area contributed by atoms with Gasteiger partial charge in [0.15, 0.2) is 0 Å². The molecular formula is C6H13ClO.